The molecule has 0 aromatic heterocycles. The number of hydrogen-bond acceptors (Lipinski definition) is 1. The number of likely N-dealkylation sites (tertiary alicyclic amines) is 1. The molecule has 0 aromatic rings. The van der Waals surface area contributed by atoms with Crippen LogP contribution >= 0.6 is 0 Å². The summed E-state index contributed by atoms with van der Waals surface area (Å²) in [6.07, 6.45) is 1.86. The van der Waals surface area contributed by atoms with Crippen LogP contribution in [0, 0.1) is 11.8 Å². The van der Waals surface area contributed by atoms with E-state index in [0.29, 0.717) is 18.0 Å². The highest BCUT2D eigenvalue weighted by molar-refractivity contribution is 5.08. The van der Waals surface area contributed by atoms with E-state index in [4.69, 9.17) is 0 Å². The molecule has 1 nitrogen and oxygen atoms in total. The molecule has 82 valence electrons. The molecule has 1 unspecified atom stereocenters. The molecule has 1 heterocycles. The smallest absolute Gasteiger partial charge is 0.118 e. The number of nitrogens with zero attached hydrogens (tertiary/aromatic N) is 1. The summed E-state index contributed by atoms with van der Waals surface area (Å²) >= 11 is 0. The second-order valence-corrected chi connectivity index (χ2v) is 5.66. The van der Waals surface area contributed by atoms with Gasteiger partial charge in [0.25, 0.3) is 0 Å². The van der Waals surface area contributed by atoms with E-state index in [1.165, 1.54) is 0 Å². The third kappa shape index (κ3) is 1.30. The molecule has 1 aliphatic heterocycles. The zero-order valence-corrected chi connectivity index (χ0v) is 9.76. The normalized spacial score (nSPS) is 43.1. The first-order valence-electron chi connectivity index (χ1n) is 5.89. The van der Waals surface area contributed by atoms with Crippen LogP contribution in [0.5, 0.6) is 0 Å². The van der Waals surface area contributed by atoms with Gasteiger partial charge < -0.3 is 0 Å². The molecule has 2 aliphatic rings. The van der Waals surface area contributed by atoms with Crippen molar-refractivity contribution in [2.75, 3.05) is 6.54 Å². The van der Waals surface area contributed by atoms with Crippen LogP contribution in [0.25, 0.3) is 0 Å². The highest BCUT2D eigenvalue weighted by atomic mass is 19.1. The number of alkyl halides is 1. The van der Waals surface area contributed by atoms with Gasteiger partial charge in [0.2, 0.25) is 0 Å². The number of piperidine rings is 1. The molecular formula is C12H22FN. The van der Waals surface area contributed by atoms with Crippen LogP contribution in [0.4, 0.5) is 4.39 Å². The molecule has 0 radical (unpaired) electrons. The lowest BCUT2D eigenvalue weighted by atomic mass is 9.81. The largest absolute Gasteiger partial charge is 0.297 e. The van der Waals surface area contributed by atoms with Gasteiger partial charge in [-0.2, -0.15) is 0 Å². The van der Waals surface area contributed by atoms with Crippen molar-refractivity contribution in [3.63, 3.8) is 0 Å². The molecule has 0 spiro atoms. The fourth-order valence-corrected chi connectivity index (χ4v) is 3.36. The van der Waals surface area contributed by atoms with Gasteiger partial charge in [-0.25, -0.2) is 4.39 Å². The van der Waals surface area contributed by atoms with Crippen molar-refractivity contribution in [3.05, 3.63) is 0 Å². The molecule has 14 heavy (non-hydrogen) atoms. The Morgan fingerprint density at radius 3 is 2.29 bits per heavy atom. The van der Waals surface area contributed by atoms with E-state index < -0.39 is 5.67 Å². The Morgan fingerprint density at radius 1 is 1.29 bits per heavy atom. The third-order valence-corrected chi connectivity index (χ3v) is 4.31. The average molecular weight is 199 g/mol. The van der Waals surface area contributed by atoms with E-state index in [1.807, 2.05) is 13.8 Å². The summed E-state index contributed by atoms with van der Waals surface area (Å²) < 4.78 is 14.5. The van der Waals surface area contributed by atoms with Crippen LogP contribution in [-0.4, -0.2) is 29.2 Å². The molecule has 2 bridgehead atoms. The first-order valence-corrected chi connectivity index (χ1v) is 5.89. The van der Waals surface area contributed by atoms with Crippen LogP contribution in [0.3, 0.4) is 0 Å². The van der Waals surface area contributed by atoms with Crippen molar-refractivity contribution in [3.8, 4) is 0 Å². The van der Waals surface area contributed by atoms with Crippen LogP contribution in [-0.2, 0) is 0 Å². The Bertz CT molecular complexity index is 226. The molecule has 1 aliphatic carbocycles. The Balaban J connectivity index is 2.10. The molecule has 0 amide bonds. The van der Waals surface area contributed by atoms with Gasteiger partial charge in [0.15, 0.2) is 0 Å². The number of fused-ring (bicyclic) bond motifs is 2. The van der Waals surface area contributed by atoms with Gasteiger partial charge in [-0.05, 0) is 32.6 Å². The zero-order chi connectivity index (χ0) is 10.5. The molecule has 1 saturated heterocycles. The van der Waals surface area contributed by atoms with Crippen molar-refractivity contribution >= 4 is 0 Å². The van der Waals surface area contributed by atoms with Crippen LogP contribution in [0.15, 0.2) is 0 Å². The summed E-state index contributed by atoms with van der Waals surface area (Å²) in [6, 6.07) is 1.11. The molecule has 3 atom stereocenters. The Hall–Kier alpha value is -0.110. The maximum Gasteiger partial charge on any atom is 0.118 e. The van der Waals surface area contributed by atoms with Gasteiger partial charge in [-0.1, -0.05) is 13.8 Å². The SMILES string of the molecule is CC(C)N1C[C@@H]2C[C@H]1CC2(F)C(C)C. The van der Waals surface area contributed by atoms with Crippen molar-refractivity contribution in [1.29, 1.82) is 0 Å². The molecule has 2 heteroatoms. The van der Waals surface area contributed by atoms with Gasteiger partial charge >= 0.3 is 0 Å². The number of halogens is 1. The van der Waals surface area contributed by atoms with Crippen molar-refractivity contribution < 1.29 is 4.39 Å². The van der Waals surface area contributed by atoms with Gasteiger partial charge in [-0.15, -0.1) is 0 Å². The molecule has 0 aromatic carbocycles. The second-order valence-electron chi connectivity index (χ2n) is 5.66. The number of hydrogen-bond donors (Lipinski definition) is 0. The van der Waals surface area contributed by atoms with Gasteiger partial charge in [0.05, 0.1) is 0 Å². The van der Waals surface area contributed by atoms with Gasteiger partial charge in [0.1, 0.15) is 5.67 Å². The fourth-order valence-electron chi connectivity index (χ4n) is 3.36. The first-order chi connectivity index (χ1) is 6.45. The summed E-state index contributed by atoms with van der Waals surface area (Å²) in [4.78, 5) is 2.48. The third-order valence-electron chi connectivity index (χ3n) is 4.31. The van der Waals surface area contributed by atoms with E-state index in [2.05, 4.69) is 18.7 Å². The maximum atomic E-state index is 14.5. The first kappa shape index (κ1) is 10.4. The van der Waals surface area contributed by atoms with Crippen LogP contribution in [0.2, 0.25) is 0 Å². The summed E-state index contributed by atoms with van der Waals surface area (Å²) in [7, 11) is 0. The second kappa shape index (κ2) is 3.19. The molecule has 1 saturated carbocycles. The monoisotopic (exact) mass is 199 g/mol. The fraction of sp³-hybridized carbons (Fsp3) is 1.00. The molecule has 0 N–H and O–H groups in total. The minimum absolute atomic E-state index is 0.187. The quantitative estimate of drug-likeness (QED) is 0.661. The predicted molar refractivity (Wildman–Crippen MR) is 57.0 cm³/mol. The van der Waals surface area contributed by atoms with E-state index in [-0.39, 0.29) is 5.92 Å². The maximum absolute atomic E-state index is 14.5. The van der Waals surface area contributed by atoms with E-state index >= 15 is 0 Å². The molecule has 2 fully saturated rings. The lowest BCUT2D eigenvalue weighted by Crippen LogP contribution is -2.48. The molecule has 2 rings (SSSR count). The topological polar surface area (TPSA) is 3.24 Å². The minimum Gasteiger partial charge on any atom is -0.297 e. The van der Waals surface area contributed by atoms with E-state index in [0.717, 1.165) is 19.4 Å². The van der Waals surface area contributed by atoms with Crippen molar-refractivity contribution in [2.24, 2.45) is 11.8 Å². The van der Waals surface area contributed by atoms with Crippen molar-refractivity contribution in [1.82, 2.24) is 4.90 Å². The standard InChI is InChI=1S/C12H22FN/c1-8(2)12(13)6-11-5-10(12)7-14(11)9(3)4/h8-11H,5-7H2,1-4H3/t10-,11-,12?/m0/s1. The Kier molecular flexibility index (Phi) is 2.37. The summed E-state index contributed by atoms with van der Waals surface area (Å²) in [5, 5.41) is 0. The highest BCUT2D eigenvalue weighted by Crippen LogP contribution is 2.51. The van der Waals surface area contributed by atoms with E-state index in [9.17, 15) is 4.39 Å². The van der Waals surface area contributed by atoms with Gasteiger partial charge in [-0.3, -0.25) is 4.90 Å². The Labute approximate surface area is 86.7 Å². The highest BCUT2D eigenvalue weighted by Gasteiger charge is 2.56. The summed E-state index contributed by atoms with van der Waals surface area (Å²) in [6.45, 7) is 9.48. The predicted octanol–water partition coefficient (Wildman–Crippen LogP) is 2.85. The number of rotatable bonds is 2. The lowest BCUT2D eigenvalue weighted by Gasteiger charge is -2.40. The zero-order valence-electron chi connectivity index (χ0n) is 9.76. The van der Waals surface area contributed by atoms with Crippen LogP contribution in [0.1, 0.15) is 40.5 Å². The summed E-state index contributed by atoms with van der Waals surface area (Å²) in [5.41, 5.74) is -0.865. The average Bonchev–Trinajstić information content (AvgIpc) is 2.60. The molecular weight excluding hydrogens is 177 g/mol. The lowest BCUT2D eigenvalue weighted by molar-refractivity contribution is 0.000552. The van der Waals surface area contributed by atoms with Gasteiger partial charge in [0, 0.05) is 24.5 Å². The van der Waals surface area contributed by atoms with Crippen molar-refractivity contribution in [2.45, 2.75) is 58.3 Å². The van der Waals surface area contributed by atoms with Crippen LogP contribution < -0.4 is 0 Å². The summed E-state index contributed by atoms with van der Waals surface area (Å²) in [5.74, 6) is 0.488. The Morgan fingerprint density at radius 2 is 1.93 bits per heavy atom. The minimum atomic E-state index is -0.865. The van der Waals surface area contributed by atoms with E-state index in [1.54, 1.807) is 0 Å².